The SMILES string of the molecule is CN(CC(=O)NC1CC1)C(=O)CNC(=O)OCc1ccccc1. The topological polar surface area (TPSA) is 87.7 Å². The molecule has 0 heterocycles. The number of hydrogen-bond acceptors (Lipinski definition) is 4. The van der Waals surface area contributed by atoms with Gasteiger partial charge in [-0.2, -0.15) is 0 Å². The number of ether oxygens (including phenoxy) is 1. The van der Waals surface area contributed by atoms with E-state index in [4.69, 9.17) is 4.74 Å². The molecule has 1 aliphatic rings. The van der Waals surface area contributed by atoms with Crippen molar-refractivity contribution >= 4 is 17.9 Å². The highest BCUT2D eigenvalue weighted by Crippen LogP contribution is 2.18. The lowest BCUT2D eigenvalue weighted by Crippen LogP contribution is -2.43. The minimum absolute atomic E-state index is 0.0178. The van der Waals surface area contributed by atoms with Gasteiger partial charge in [0.1, 0.15) is 13.2 Å². The van der Waals surface area contributed by atoms with E-state index in [-0.39, 0.29) is 37.6 Å². The van der Waals surface area contributed by atoms with Gasteiger partial charge in [-0.25, -0.2) is 4.79 Å². The molecule has 1 saturated carbocycles. The van der Waals surface area contributed by atoms with Crippen molar-refractivity contribution in [3.8, 4) is 0 Å². The molecule has 0 saturated heterocycles. The minimum atomic E-state index is -0.668. The van der Waals surface area contributed by atoms with Gasteiger partial charge >= 0.3 is 6.09 Å². The summed E-state index contributed by atoms with van der Waals surface area (Å²) in [5.41, 5.74) is 0.864. The summed E-state index contributed by atoms with van der Waals surface area (Å²) < 4.78 is 5.00. The smallest absolute Gasteiger partial charge is 0.407 e. The molecule has 23 heavy (non-hydrogen) atoms. The van der Waals surface area contributed by atoms with Crippen LogP contribution in [0.1, 0.15) is 18.4 Å². The Kier molecular flexibility index (Phi) is 5.96. The van der Waals surface area contributed by atoms with Gasteiger partial charge in [-0.1, -0.05) is 30.3 Å². The summed E-state index contributed by atoms with van der Waals surface area (Å²) in [6.45, 7) is -0.0859. The monoisotopic (exact) mass is 319 g/mol. The molecule has 1 fully saturated rings. The van der Waals surface area contributed by atoms with Crippen LogP contribution in [-0.4, -0.2) is 49.0 Å². The summed E-state index contributed by atoms with van der Waals surface area (Å²) >= 11 is 0. The summed E-state index contributed by atoms with van der Waals surface area (Å²) in [7, 11) is 1.52. The Bertz CT molecular complexity index is 558. The first-order valence-electron chi connectivity index (χ1n) is 7.52. The second-order valence-corrected chi connectivity index (χ2v) is 5.51. The molecule has 0 radical (unpaired) electrons. The third-order valence-electron chi connectivity index (χ3n) is 3.35. The third-order valence-corrected chi connectivity index (χ3v) is 3.35. The molecule has 1 aromatic rings. The Hall–Kier alpha value is -2.57. The molecule has 2 N–H and O–H groups in total. The average Bonchev–Trinajstić information content (AvgIpc) is 3.35. The van der Waals surface area contributed by atoms with E-state index in [1.54, 1.807) is 0 Å². The highest BCUT2D eigenvalue weighted by atomic mass is 16.5. The van der Waals surface area contributed by atoms with Crippen molar-refractivity contribution in [2.45, 2.75) is 25.5 Å². The van der Waals surface area contributed by atoms with Gasteiger partial charge in [0.05, 0.1) is 6.54 Å². The minimum Gasteiger partial charge on any atom is -0.445 e. The molecule has 1 aromatic carbocycles. The molecule has 3 amide bonds. The van der Waals surface area contributed by atoms with Gasteiger partial charge in [-0.3, -0.25) is 9.59 Å². The maximum atomic E-state index is 11.8. The molecule has 2 rings (SSSR count). The van der Waals surface area contributed by atoms with Crippen molar-refractivity contribution in [1.29, 1.82) is 0 Å². The van der Waals surface area contributed by atoms with Crippen molar-refractivity contribution in [3.05, 3.63) is 35.9 Å². The number of rotatable bonds is 7. The summed E-state index contributed by atoms with van der Waals surface area (Å²) in [6, 6.07) is 9.51. The van der Waals surface area contributed by atoms with Gasteiger partial charge in [-0.15, -0.1) is 0 Å². The van der Waals surface area contributed by atoms with Crippen LogP contribution >= 0.6 is 0 Å². The Morgan fingerprint density at radius 3 is 2.57 bits per heavy atom. The average molecular weight is 319 g/mol. The number of likely N-dealkylation sites (N-methyl/N-ethyl adjacent to an activating group) is 1. The first-order chi connectivity index (χ1) is 11.0. The zero-order valence-corrected chi connectivity index (χ0v) is 13.1. The molecule has 7 nitrogen and oxygen atoms in total. The number of alkyl carbamates (subject to hydrolysis) is 1. The number of carbonyl (C=O) groups excluding carboxylic acids is 3. The van der Waals surface area contributed by atoms with Crippen LogP contribution in [0, 0.1) is 0 Å². The van der Waals surface area contributed by atoms with E-state index in [9.17, 15) is 14.4 Å². The highest BCUT2D eigenvalue weighted by Gasteiger charge is 2.24. The van der Waals surface area contributed by atoms with Crippen LogP contribution in [0.2, 0.25) is 0 Å². The standard InChI is InChI=1S/C16H21N3O4/c1-19(10-14(20)18-13-7-8-13)15(21)9-17-16(22)23-11-12-5-3-2-4-6-12/h2-6,13H,7-11H2,1H3,(H,17,22)(H,18,20). The number of hydrogen-bond donors (Lipinski definition) is 2. The molecule has 124 valence electrons. The van der Waals surface area contributed by atoms with Crippen molar-refractivity contribution < 1.29 is 19.1 Å². The predicted molar refractivity (Wildman–Crippen MR) is 83.4 cm³/mol. The van der Waals surface area contributed by atoms with Crippen molar-refractivity contribution in [2.24, 2.45) is 0 Å². The van der Waals surface area contributed by atoms with Gasteiger partial charge in [0.2, 0.25) is 11.8 Å². The maximum Gasteiger partial charge on any atom is 0.407 e. The number of benzene rings is 1. The van der Waals surface area contributed by atoms with Gasteiger partial charge in [0, 0.05) is 13.1 Å². The van der Waals surface area contributed by atoms with Crippen LogP contribution in [0.4, 0.5) is 4.79 Å². The first-order valence-corrected chi connectivity index (χ1v) is 7.52. The fourth-order valence-corrected chi connectivity index (χ4v) is 1.86. The number of amides is 3. The van der Waals surface area contributed by atoms with E-state index in [2.05, 4.69) is 10.6 Å². The van der Waals surface area contributed by atoms with Crippen LogP contribution in [-0.2, 0) is 20.9 Å². The van der Waals surface area contributed by atoms with Crippen LogP contribution in [0.15, 0.2) is 30.3 Å². The zero-order chi connectivity index (χ0) is 16.7. The predicted octanol–water partition coefficient (Wildman–Crippen LogP) is 0.650. The largest absolute Gasteiger partial charge is 0.445 e. The van der Waals surface area contributed by atoms with Crippen molar-refractivity contribution in [3.63, 3.8) is 0 Å². The molecule has 0 atom stereocenters. The van der Waals surface area contributed by atoms with E-state index in [0.29, 0.717) is 0 Å². The Morgan fingerprint density at radius 1 is 1.22 bits per heavy atom. The van der Waals surface area contributed by atoms with Gasteiger partial charge in [0.15, 0.2) is 0 Å². The lowest BCUT2D eigenvalue weighted by Gasteiger charge is -2.17. The molecule has 1 aliphatic carbocycles. The highest BCUT2D eigenvalue weighted by molar-refractivity contribution is 5.87. The van der Waals surface area contributed by atoms with E-state index in [1.807, 2.05) is 30.3 Å². The van der Waals surface area contributed by atoms with Crippen LogP contribution in [0.3, 0.4) is 0 Å². The lowest BCUT2D eigenvalue weighted by molar-refractivity contribution is -0.134. The number of nitrogens with one attached hydrogen (secondary N) is 2. The molecule has 0 aromatic heterocycles. The Balaban J connectivity index is 1.62. The second kappa shape index (κ2) is 8.17. The molecule has 0 unspecified atom stereocenters. The fraction of sp³-hybridized carbons (Fsp3) is 0.438. The van der Waals surface area contributed by atoms with E-state index < -0.39 is 6.09 Å². The molecule has 0 bridgehead atoms. The van der Waals surface area contributed by atoms with Crippen LogP contribution < -0.4 is 10.6 Å². The maximum absolute atomic E-state index is 11.8. The van der Waals surface area contributed by atoms with Gasteiger partial charge < -0.3 is 20.3 Å². The van der Waals surface area contributed by atoms with E-state index in [0.717, 1.165) is 18.4 Å². The van der Waals surface area contributed by atoms with E-state index >= 15 is 0 Å². The Labute approximate surface area is 135 Å². The first kappa shape index (κ1) is 16.8. The van der Waals surface area contributed by atoms with E-state index in [1.165, 1.54) is 11.9 Å². The molecular formula is C16H21N3O4. The zero-order valence-electron chi connectivity index (χ0n) is 13.1. The fourth-order valence-electron chi connectivity index (χ4n) is 1.86. The van der Waals surface area contributed by atoms with Crippen LogP contribution in [0.25, 0.3) is 0 Å². The molecule has 0 aliphatic heterocycles. The van der Waals surface area contributed by atoms with Crippen molar-refractivity contribution in [2.75, 3.05) is 20.1 Å². The second-order valence-electron chi connectivity index (χ2n) is 5.51. The number of nitrogens with zero attached hydrogens (tertiary/aromatic N) is 1. The lowest BCUT2D eigenvalue weighted by atomic mass is 10.2. The van der Waals surface area contributed by atoms with Gasteiger partial charge in [0.25, 0.3) is 0 Å². The van der Waals surface area contributed by atoms with Crippen LogP contribution in [0.5, 0.6) is 0 Å². The third kappa shape index (κ3) is 6.37. The Morgan fingerprint density at radius 2 is 1.91 bits per heavy atom. The summed E-state index contributed by atoms with van der Waals surface area (Å²) in [6.07, 6.45) is 1.33. The normalized spacial score (nSPS) is 13.1. The number of carbonyl (C=O) groups is 3. The summed E-state index contributed by atoms with van der Waals surface area (Å²) in [5.74, 6) is -0.539. The van der Waals surface area contributed by atoms with Crippen molar-refractivity contribution in [1.82, 2.24) is 15.5 Å². The summed E-state index contributed by atoms with van der Waals surface area (Å²) in [4.78, 5) is 36.2. The van der Waals surface area contributed by atoms with Gasteiger partial charge in [-0.05, 0) is 18.4 Å². The molecule has 7 heteroatoms. The quantitative estimate of drug-likeness (QED) is 0.772. The molecule has 0 spiro atoms. The summed E-state index contributed by atoms with van der Waals surface area (Å²) in [5, 5.41) is 5.17. The molecular weight excluding hydrogens is 298 g/mol.